The van der Waals surface area contributed by atoms with Crippen molar-refractivity contribution in [3.8, 4) is 0 Å². The normalized spacial score (nSPS) is 26.9. The Morgan fingerprint density at radius 1 is 1.46 bits per heavy atom. The summed E-state index contributed by atoms with van der Waals surface area (Å²) in [6, 6.07) is 5.83. The number of pyridine rings is 1. The molecule has 24 heavy (non-hydrogen) atoms. The van der Waals surface area contributed by atoms with E-state index < -0.39 is 0 Å². The van der Waals surface area contributed by atoms with Crippen molar-refractivity contribution in [2.75, 3.05) is 18.4 Å². The Labute approximate surface area is 145 Å². The maximum atomic E-state index is 12.4. The lowest BCUT2D eigenvalue weighted by molar-refractivity contribution is -0.127. The number of carbonyl (C=O) groups is 1. The fraction of sp³-hybridized carbons (Fsp3) is 0.444. The predicted molar refractivity (Wildman–Crippen MR) is 93.8 cm³/mol. The maximum Gasteiger partial charge on any atom is 0.253 e. The number of nitrogens with one attached hydrogen (secondary N) is 1. The molecule has 0 aromatic carbocycles. The number of hydrogen-bond acceptors (Lipinski definition) is 5. The zero-order valence-corrected chi connectivity index (χ0v) is 14.2. The summed E-state index contributed by atoms with van der Waals surface area (Å²) in [5.74, 6) is 0.440. The Morgan fingerprint density at radius 3 is 3.21 bits per heavy atom. The highest BCUT2D eigenvalue weighted by Crippen LogP contribution is 2.34. The largest absolute Gasteiger partial charge is 0.364 e. The summed E-state index contributed by atoms with van der Waals surface area (Å²) in [4.78, 5) is 18.9. The van der Waals surface area contributed by atoms with Gasteiger partial charge in [0.15, 0.2) is 0 Å². The second-order valence-corrected chi connectivity index (χ2v) is 7.33. The van der Waals surface area contributed by atoms with Crippen LogP contribution in [0.5, 0.6) is 0 Å². The van der Waals surface area contributed by atoms with E-state index in [-0.39, 0.29) is 18.1 Å². The predicted octanol–water partition coefficient (Wildman–Crippen LogP) is 2.76. The smallest absolute Gasteiger partial charge is 0.253 e. The zero-order valence-electron chi connectivity index (χ0n) is 13.4. The number of nitrogens with zero attached hydrogens (tertiary/aromatic N) is 2. The van der Waals surface area contributed by atoms with Crippen molar-refractivity contribution < 1.29 is 9.53 Å². The summed E-state index contributed by atoms with van der Waals surface area (Å²) in [7, 11) is 0. The van der Waals surface area contributed by atoms with Crippen LogP contribution in [0.2, 0.25) is 0 Å². The number of carbonyl (C=O) groups excluding carboxylic acids is 1. The van der Waals surface area contributed by atoms with Crippen LogP contribution in [0.3, 0.4) is 0 Å². The third-order valence-electron chi connectivity index (χ3n) is 4.84. The molecular weight excluding hydrogens is 322 g/mol. The van der Waals surface area contributed by atoms with E-state index in [2.05, 4.69) is 32.0 Å². The van der Waals surface area contributed by atoms with E-state index in [0.717, 1.165) is 38.2 Å². The molecule has 0 unspecified atom stereocenters. The molecule has 0 spiro atoms. The van der Waals surface area contributed by atoms with Gasteiger partial charge in [-0.25, -0.2) is 0 Å². The molecule has 1 N–H and O–H groups in total. The van der Waals surface area contributed by atoms with Crippen LogP contribution in [0.1, 0.15) is 18.4 Å². The summed E-state index contributed by atoms with van der Waals surface area (Å²) in [5, 5.41) is 7.22. The lowest BCUT2D eigenvalue weighted by Crippen LogP contribution is -2.41. The van der Waals surface area contributed by atoms with E-state index in [4.69, 9.17) is 4.74 Å². The van der Waals surface area contributed by atoms with Crippen LogP contribution in [0.15, 0.2) is 41.4 Å². The minimum absolute atomic E-state index is 0.0539. The van der Waals surface area contributed by atoms with Gasteiger partial charge in [-0.15, -0.1) is 0 Å². The van der Waals surface area contributed by atoms with E-state index >= 15 is 0 Å². The van der Waals surface area contributed by atoms with E-state index in [1.54, 1.807) is 23.7 Å². The van der Waals surface area contributed by atoms with Crippen LogP contribution in [0.25, 0.3) is 0 Å². The molecule has 2 saturated heterocycles. The summed E-state index contributed by atoms with van der Waals surface area (Å²) in [6.07, 6.45) is 5.10. The van der Waals surface area contributed by atoms with Crippen molar-refractivity contribution in [1.29, 1.82) is 0 Å². The van der Waals surface area contributed by atoms with E-state index in [9.17, 15) is 4.79 Å². The standard InChI is InChI=1S/C18H21N3O2S/c22-18(20-15-2-1-5-19-9-15)16-8-14-3-6-21(11-17(14)23-16)10-13-4-7-24-12-13/h1-2,4-5,7,9,12,14,16-17H,3,6,8,10-11H2,(H,20,22)/t14-,16+,17-/m1/s1. The lowest BCUT2D eigenvalue weighted by atomic mass is 9.91. The van der Waals surface area contributed by atoms with Gasteiger partial charge in [-0.1, -0.05) is 0 Å². The van der Waals surface area contributed by atoms with Crippen molar-refractivity contribution in [3.05, 3.63) is 46.9 Å². The summed E-state index contributed by atoms with van der Waals surface area (Å²) >= 11 is 1.74. The molecule has 4 rings (SSSR count). The molecule has 6 heteroatoms. The second kappa shape index (κ2) is 7.01. The molecule has 0 aliphatic carbocycles. The minimum atomic E-state index is -0.346. The highest BCUT2D eigenvalue weighted by molar-refractivity contribution is 7.07. The topological polar surface area (TPSA) is 54.5 Å². The molecule has 5 nitrogen and oxygen atoms in total. The zero-order chi connectivity index (χ0) is 16.4. The average molecular weight is 343 g/mol. The van der Waals surface area contributed by atoms with E-state index in [1.165, 1.54) is 5.56 Å². The van der Waals surface area contributed by atoms with Gasteiger partial charge in [-0.05, 0) is 59.8 Å². The summed E-state index contributed by atoms with van der Waals surface area (Å²) < 4.78 is 6.08. The fourth-order valence-electron chi connectivity index (χ4n) is 3.61. The Bertz CT molecular complexity index is 677. The number of rotatable bonds is 4. The SMILES string of the molecule is O=C(Nc1cccnc1)[C@@H]1C[C@H]2CCN(Cc3ccsc3)C[C@H]2O1. The highest BCUT2D eigenvalue weighted by Gasteiger charge is 2.41. The molecule has 2 aromatic rings. The van der Waals surface area contributed by atoms with Gasteiger partial charge >= 0.3 is 0 Å². The van der Waals surface area contributed by atoms with Crippen LogP contribution < -0.4 is 5.32 Å². The molecular formula is C18H21N3O2S. The van der Waals surface area contributed by atoms with Crippen LogP contribution in [-0.2, 0) is 16.1 Å². The number of likely N-dealkylation sites (tertiary alicyclic amines) is 1. The van der Waals surface area contributed by atoms with Gasteiger partial charge in [0.2, 0.25) is 0 Å². The quantitative estimate of drug-likeness (QED) is 0.927. The third kappa shape index (κ3) is 3.50. The Morgan fingerprint density at radius 2 is 2.42 bits per heavy atom. The summed E-state index contributed by atoms with van der Waals surface area (Å²) in [5.41, 5.74) is 2.09. The molecule has 3 atom stereocenters. The number of piperidine rings is 1. The van der Waals surface area contributed by atoms with Crippen LogP contribution >= 0.6 is 11.3 Å². The molecule has 0 bridgehead atoms. The van der Waals surface area contributed by atoms with Crippen molar-refractivity contribution >= 4 is 22.9 Å². The molecule has 126 valence electrons. The highest BCUT2D eigenvalue weighted by atomic mass is 32.1. The summed E-state index contributed by atoms with van der Waals surface area (Å²) in [6.45, 7) is 2.97. The van der Waals surface area contributed by atoms with Crippen LogP contribution in [-0.4, -0.2) is 41.1 Å². The Hall–Kier alpha value is -1.76. The first-order valence-electron chi connectivity index (χ1n) is 8.38. The number of anilines is 1. The maximum absolute atomic E-state index is 12.4. The number of aromatic nitrogens is 1. The van der Waals surface area contributed by atoms with Gasteiger partial charge in [0.25, 0.3) is 5.91 Å². The Kier molecular flexibility index (Phi) is 4.60. The van der Waals surface area contributed by atoms with Crippen molar-refractivity contribution in [2.24, 2.45) is 5.92 Å². The third-order valence-corrected chi connectivity index (χ3v) is 5.58. The van der Waals surface area contributed by atoms with Crippen molar-refractivity contribution in [2.45, 2.75) is 31.6 Å². The average Bonchev–Trinajstić information content (AvgIpc) is 3.25. The van der Waals surface area contributed by atoms with E-state index in [0.29, 0.717) is 5.92 Å². The fourth-order valence-corrected chi connectivity index (χ4v) is 4.27. The van der Waals surface area contributed by atoms with Gasteiger partial charge in [0.05, 0.1) is 18.0 Å². The molecule has 2 aliphatic heterocycles. The monoisotopic (exact) mass is 343 g/mol. The van der Waals surface area contributed by atoms with Crippen LogP contribution in [0, 0.1) is 5.92 Å². The van der Waals surface area contributed by atoms with Gasteiger partial charge in [0.1, 0.15) is 6.10 Å². The number of hydrogen-bond donors (Lipinski definition) is 1. The van der Waals surface area contributed by atoms with Gasteiger partial charge in [-0.2, -0.15) is 11.3 Å². The molecule has 2 aromatic heterocycles. The molecule has 0 radical (unpaired) electrons. The molecule has 4 heterocycles. The van der Waals surface area contributed by atoms with Gasteiger partial charge < -0.3 is 10.1 Å². The van der Waals surface area contributed by atoms with Gasteiger partial charge in [0, 0.05) is 19.3 Å². The number of ether oxygens (including phenoxy) is 1. The molecule has 0 saturated carbocycles. The number of amides is 1. The molecule has 2 aliphatic rings. The first-order valence-corrected chi connectivity index (χ1v) is 9.32. The van der Waals surface area contributed by atoms with Crippen molar-refractivity contribution in [1.82, 2.24) is 9.88 Å². The number of fused-ring (bicyclic) bond motifs is 1. The minimum Gasteiger partial charge on any atom is -0.364 e. The second-order valence-electron chi connectivity index (χ2n) is 6.55. The van der Waals surface area contributed by atoms with Gasteiger partial charge in [-0.3, -0.25) is 14.7 Å². The first-order chi connectivity index (χ1) is 11.8. The Balaban J connectivity index is 1.33. The van der Waals surface area contributed by atoms with E-state index in [1.807, 2.05) is 12.1 Å². The molecule has 1 amide bonds. The first kappa shape index (κ1) is 15.7. The lowest BCUT2D eigenvalue weighted by Gasteiger charge is -2.33. The molecule has 2 fully saturated rings. The number of thiophene rings is 1. The van der Waals surface area contributed by atoms with Crippen molar-refractivity contribution in [3.63, 3.8) is 0 Å². The van der Waals surface area contributed by atoms with Crippen LogP contribution in [0.4, 0.5) is 5.69 Å².